The maximum absolute atomic E-state index is 5.90. The molecule has 2 aromatic carbocycles. The zero-order chi connectivity index (χ0) is 21.3. The monoisotopic (exact) mass is 422 g/mol. The minimum atomic E-state index is 0.664. The van der Waals surface area contributed by atoms with E-state index in [1.807, 2.05) is 24.3 Å². The number of unbranched alkanes of at least 4 members (excludes halogenated alkanes) is 1. The van der Waals surface area contributed by atoms with E-state index in [4.69, 9.17) is 9.47 Å². The Morgan fingerprint density at radius 3 is 2.48 bits per heavy atom. The van der Waals surface area contributed by atoms with E-state index in [1.165, 1.54) is 5.69 Å². The summed E-state index contributed by atoms with van der Waals surface area (Å²) < 4.78 is 13.1. The van der Waals surface area contributed by atoms with Crippen LogP contribution < -0.4 is 14.4 Å². The number of hydrogen-bond donors (Lipinski definition) is 0. The van der Waals surface area contributed by atoms with Gasteiger partial charge in [-0.3, -0.25) is 4.90 Å². The molecule has 1 fully saturated rings. The van der Waals surface area contributed by atoms with Gasteiger partial charge in [0.25, 0.3) is 0 Å². The van der Waals surface area contributed by atoms with Gasteiger partial charge in [0.1, 0.15) is 17.8 Å². The highest BCUT2D eigenvalue weighted by Crippen LogP contribution is 2.28. The van der Waals surface area contributed by atoms with Gasteiger partial charge in [-0.25, -0.2) is 4.68 Å². The topological polar surface area (TPSA) is 68.5 Å². The molecule has 0 N–H and O–H groups in total. The number of para-hydroxylation sites is 2. The molecule has 0 bridgehead atoms. The number of aromatic nitrogens is 4. The van der Waals surface area contributed by atoms with Gasteiger partial charge in [0.15, 0.2) is 0 Å². The number of methoxy groups -OCH3 is 1. The minimum absolute atomic E-state index is 0.664. The van der Waals surface area contributed by atoms with Crippen molar-refractivity contribution in [2.45, 2.75) is 19.4 Å². The van der Waals surface area contributed by atoms with E-state index in [1.54, 1.807) is 18.1 Å². The van der Waals surface area contributed by atoms with Crippen LogP contribution in [0.4, 0.5) is 5.69 Å². The predicted octanol–water partition coefficient (Wildman–Crippen LogP) is 2.71. The number of hydrogen-bond acceptors (Lipinski definition) is 7. The summed E-state index contributed by atoms with van der Waals surface area (Å²) in [6.07, 6.45) is 3.81. The standard InChI is InChI=1S/C23H30N6O2/c1-30-23-7-3-2-6-22(23)28-15-13-27(14-16-28)12-4-5-17-31-21-10-8-20(9-11-21)18-29-19-24-25-26-29/h2-3,6-11,19H,4-5,12-18H2,1H3. The first-order valence-electron chi connectivity index (χ1n) is 10.8. The first-order chi connectivity index (χ1) is 15.3. The highest BCUT2D eigenvalue weighted by Gasteiger charge is 2.19. The van der Waals surface area contributed by atoms with E-state index >= 15 is 0 Å². The Balaban J connectivity index is 1.11. The second-order valence-electron chi connectivity index (χ2n) is 7.71. The molecule has 0 atom stereocenters. The lowest BCUT2D eigenvalue weighted by atomic mass is 10.2. The molecule has 0 unspecified atom stereocenters. The Bertz CT molecular complexity index is 908. The molecule has 2 heterocycles. The van der Waals surface area contributed by atoms with Crippen LogP contribution in [0.3, 0.4) is 0 Å². The molecule has 3 aromatic rings. The van der Waals surface area contributed by atoms with Crippen molar-refractivity contribution in [3.05, 3.63) is 60.4 Å². The molecule has 0 spiro atoms. The maximum atomic E-state index is 5.90. The normalized spacial score (nSPS) is 14.5. The van der Waals surface area contributed by atoms with Gasteiger partial charge in [0.2, 0.25) is 0 Å². The first kappa shape index (κ1) is 21.1. The minimum Gasteiger partial charge on any atom is -0.495 e. The summed E-state index contributed by atoms with van der Waals surface area (Å²) in [5, 5.41) is 11.2. The summed E-state index contributed by atoms with van der Waals surface area (Å²) in [5.41, 5.74) is 2.34. The second-order valence-corrected chi connectivity index (χ2v) is 7.71. The third-order valence-corrected chi connectivity index (χ3v) is 5.59. The highest BCUT2D eigenvalue weighted by atomic mass is 16.5. The van der Waals surface area contributed by atoms with Crippen molar-refractivity contribution in [2.75, 3.05) is 51.3 Å². The van der Waals surface area contributed by atoms with E-state index in [-0.39, 0.29) is 0 Å². The Kier molecular flexibility index (Phi) is 7.33. The zero-order valence-corrected chi connectivity index (χ0v) is 18.1. The van der Waals surface area contributed by atoms with Gasteiger partial charge in [0.05, 0.1) is 25.9 Å². The van der Waals surface area contributed by atoms with Gasteiger partial charge < -0.3 is 14.4 Å². The van der Waals surface area contributed by atoms with E-state index in [2.05, 4.69) is 49.6 Å². The molecule has 0 amide bonds. The van der Waals surface area contributed by atoms with Crippen molar-refractivity contribution >= 4 is 5.69 Å². The van der Waals surface area contributed by atoms with E-state index in [9.17, 15) is 0 Å². The molecule has 1 saturated heterocycles. The van der Waals surface area contributed by atoms with Crippen molar-refractivity contribution in [1.29, 1.82) is 0 Å². The molecule has 31 heavy (non-hydrogen) atoms. The molecule has 164 valence electrons. The van der Waals surface area contributed by atoms with Crippen LogP contribution in [0.5, 0.6) is 11.5 Å². The SMILES string of the molecule is COc1ccccc1N1CCN(CCCCOc2ccc(Cn3cnnn3)cc2)CC1. The largest absolute Gasteiger partial charge is 0.495 e. The first-order valence-corrected chi connectivity index (χ1v) is 10.8. The Morgan fingerprint density at radius 2 is 1.74 bits per heavy atom. The number of anilines is 1. The second kappa shape index (κ2) is 10.8. The third-order valence-electron chi connectivity index (χ3n) is 5.59. The van der Waals surface area contributed by atoms with E-state index < -0.39 is 0 Å². The molecule has 0 radical (unpaired) electrons. The van der Waals surface area contributed by atoms with Gasteiger partial charge >= 0.3 is 0 Å². The average Bonchev–Trinajstić information content (AvgIpc) is 3.33. The fourth-order valence-electron chi connectivity index (χ4n) is 3.86. The van der Waals surface area contributed by atoms with Crippen LogP contribution >= 0.6 is 0 Å². The number of tetrazole rings is 1. The number of rotatable bonds is 10. The van der Waals surface area contributed by atoms with Gasteiger partial charge in [-0.15, -0.1) is 5.10 Å². The summed E-state index contributed by atoms with van der Waals surface area (Å²) in [4.78, 5) is 4.96. The Hall–Kier alpha value is -3.13. The quantitative estimate of drug-likeness (QED) is 0.465. The van der Waals surface area contributed by atoms with Crippen molar-refractivity contribution in [1.82, 2.24) is 25.1 Å². The molecule has 8 heteroatoms. The van der Waals surface area contributed by atoms with E-state index in [0.717, 1.165) is 69.2 Å². The number of nitrogens with zero attached hydrogens (tertiary/aromatic N) is 6. The number of ether oxygens (including phenoxy) is 2. The molecule has 1 aliphatic rings. The van der Waals surface area contributed by atoms with Gasteiger partial charge in [-0.1, -0.05) is 24.3 Å². The average molecular weight is 423 g/mol. The molecule has 4 rings (SSSR count). The van der Waals surface area contributed by atoms with E-state index in [0.29, 0.717) is 6.54 Å². The highest BCUT2D eigenvalue weighted by molar-refractivity contribution is 5.58. The molecule has 8 nitrogen and oxygen atoms in total. The lowest BCUT2D eigenvalue weighted by Crippen LogP contribution is -2.46. The maximum Gasteiger partial charge on any atom is 0.142 e. The lowest BCUT2D eigenvalue weighted by molar-refractivity contribution is 0.238. The molecule has 0 saturated carbocycles. The van der Waals surface area contributed by atoms with Gasteiger partial charge in [0, 0.05) is 26.2 Å². The van der Waals surface area contributed by atoms with Crippen molar-refractivity contribution in [3.63, 3.8) is 0 Å². The van der Waals surface area contributed by atoms with Crippen molar-refractivity contribution in [2.24, 2.45) is 0 Å². The summed E-state index contributed by atoms with van der Waals surface area (Å²) in [7, 11) is 1.74. The van der Waals surface area contributed by atoms with Gasteiger partial charge in [-0.2, -0.15) is 0 Å². The van der Waals surface area contributed by atoms with Crippen LogP contribution in [-0.2, 0) is 6.54 Å². The summed E-state index contributed by atoms with van der Waals surface area (Å²) in [6, 6.07) is 16.4. The Labute approximate surface area is 183 Å². The smallest absolute Gasteiger partial charge is 0.142 e. The molecule has 0 aliphatic carbocycles. The van der Waals surface area contributed by atoms with Crippen LogP contribution in [0.15, 0.2) is 54.9 Å². The number of benzene rings is 2. The third kappa shape index (κ3) is 5.95. The predicted molar refractivity (Wildman–Crippen MR) is 120 cm³/mol. The summed E-state index contributed by atoms with van der Waals surface area (Å²) >= 11 is 0. The van der Waals surface area contributed by atoms with Crippen LogP contribution in [0.2, 0.25) is 0 Å². The number of piperazine rings is 1. The van der Waals surface area contributed by atoms with Crippen molar-refractivity contribution in [3.8, 4) is 11.5 Å². The van der Waals surface area contributed by atoms with Crippen molar-refractivity contribution < 1.29 is 9.47 Å². The zero-order valence-electron chi connectivity index (χ0n) is 18.1. The molecule has 1 aliphatic heterocycles. The van der Waals surface area contributed by atoms with Crippen LogP contribution in [-0.4, -0.2) is 71.5 Å². The molecule has 1 aromatic heterocycles. The summed E-state index contributed by atoms with van der Waals surface area (Å²) in [5.74, 6) is 1.86. The lowest BCUT2D eigenvalue weighted by Gasteiger charge is -2.36. The fourth-order valence-corrected chi connectivity index (χ4v) is 3.86. The molecular weight excluding hydrogens is 392 g/mol. The van der Waals surface area contributed by atoms with Gasteiger partial charge in [-0.05, 0) is 59.6 Å². The fraction of sp³-hybridized carbons (Fsp3) is 0.435. The van der Waals surface area contributed by atoms with Crippen LogP contribution in [0.1, 0.15) is 18.4 Å². The summed E-state index contributed by atoms with van der Waals surface area (Å²) in [6.45, 7) is 6.77. The van der Waals surface area contributed by atoms with Crippen LogP contribution in [0.25, 0.3) is 0 Å². The Morgan fingerprint density at radius 1 is 0.935 bits per heavy atom. The molecular formula is C23H30N6O2. The van der Waals surface area contributed by atoms with Crippen LogP contribution in [0, 0.1) is 0 Å².